The summed E-state index contributed by atoms with van der Waals surface area (Å²) in [6.07, 6.45) is 7.03. The van der Waals surface area contributed by atoms with E-state index in [1.54, 1.807) is 0 Å². The van der Waals surface area contributed by atoms with Crippen LogP contribution in [0.4, 0.5) is 0 Å². The van der Waals surface area contributed by atoms with E-state index in [1.165, 1.54) is 32.1 Å². The Bertz CT molecular complexity index is 381. The predicted molar refractivity (Wildman–Crippen MR) is 86.2 cm³/mol. The molecule has 5 heteroatoms. The molecule has 20 heavy (non-hydrogen) atoms. The van der Waals surface area contributed by atoms with Crippen molar-refractivity contribution in [3.05, 3.63) is 0 Å². The predicted octanol–water partition coefficient (Wildman–Crippen LogP) is 2.69. The molecule has 2 rings (SSSR count). The molecule has 1 saturated carbocycles. The zero-order chi connectivity index (χ0) is 14.6. The van der Waals surface area contributed by atoms with Gasteiger partial charge in [0.05, 0.1) is 6.54 Å². The second kappa shape index (κ2) is 6.37. The lowest BCUT2D eigenvalue weighted by Crippen LogP contribution is -2.45. The molecule has 2 fully saturated rings. The van der Waals surface area contributed by atoms with Crippen LogP contribution in [0.15, 0.2) is 4.99 Å². The Morgan fingerprint density at radius 3 is 2.70 bits per heavy atom. The van der Waals surface area contributed by atoms with Gasteiger partial charge < -0.3 is 10.6 Å². The van der Waals surface area contributed by atoms with Gasteiger partial charge in [-0.1, -0.05) is 31.0 Å². The molecule has 1 aliphatic carbocycles. The Hall–Kier alpha value is -0.710. The minimum Gasteiger partial charge on any atom is -0.359 e. The zero-order valence-electron chi connectivity index (χ0n) is 12.9. The standard InChI is InChI=1S/C15H27N3OS/c1-14(2,3)17-12(19)7-10-16-13-18-15(11-20-13)8-5-4-6-9-15/h4-11H2,1-3H3,(H,16,18)(H,17,19). The molecule has 0 atom stereocenters. The van der Waals surface area contributed by atoms with Crippen LogP contribution >= 0.6 is 11.8 Å². The molecule has 0 unspecified atom stereocenters. The lowest BCUT2D eigenvalue weighted by molar-refractivity contribution is -0.122. The largest absolute Gasteiger partial charge is 0.359 e. The summed E-state index contributed by atoms with van der Waals surface area (Å²) < 4.78 is 0. The number of nitrogens with zero attached hydrogens (tertiary/aromatic N) is 1. The van der Waals surface area contributed by atoms with Crippen LogP contribution in [0.1, 0.15) is 59.3 Å². The molecule has 114 valence electrons. The molecular weight excluding hydrogens is 270 g/mol. The van der Waals surface area contributed by atoms with Gasteiger partial charge in [-0.25, -0.2) is 0 Å². The van der Waals surface area contributed by atoms with E-state index in [4.69, 9.17) is 0 Å². The lowest BCUT2D eigenvalue weighted by Gasteiger charge is -2.32. The van der Waals surface area contributed by atoms with Crippen LogP contribution in [0, 0.1) is 0 Å². The molecule has 0 bridgehead atoms. The molecule has 1 spiro atoms. The number of nitrogens with one attached hydrogen (secondary N) is 2. The number of thioether (sulfide) groups is 1. The van der Waals surface area contributed by atoms with Crippen molar-refractivity contribution in [3.8, 4) is 0 Å². The summed E-state index contributed by atoms with van der Waals surface area (Å²) in [7, 11) is 0. The molecule has 2 N–H and O–H groups in total. The molecule has 0 aromatic heterocycles. The zero-order valence-corrected chi connectivity index (χ0v) is 13.7. The second-order valence-electron chi connectivity index (χ2n) is 6.99. The summed E-state index contributed by atoms with van der Waals surface area (Å²) in [6, 6.07) is 0. The number of carbonyl (C=O) groups is 1. The van der Waals surface area contributed by atoms with E-state index in [0.717, 1.165) is 10.9 Å². The van der Waals surface area contributed by atoms with E-state index >= 15 is 0 Å². The summed E-state index contributed by atoms with van der Waals surface area (Å²) in [4.78, 5) is 16.3. The van der Waals surface area contributed by atoms with Crippen molar-refractivity contribution in [1.29, 1.82) is 0 Å². The fourth-order valence-corrected chi connectivity index (χ4v) is 4.07. The number of amidine groups is 1. The highest BCUT2D eigenvalue weighted by Crippen LogP contribution is 2.36. The number of amides is 1. The smallest absolute Gasteiger partial charge is 0.222 e. The van der Waals surface area contributed by atoms with Crippen LogP contribution in [0.5, 0.6) is 0 Å². The SMILES string of the molecule is CC(C)(C)NC(=O)CCN=C1NC2(CCCCC2)CS1. The van der Waals surface area contributed by atoms with Gasteiger partial charge in [0.25, 0.3) is 0 Å². The number of hydrogen-bond acceptors (Lipinski definition) is 3. The molecular formula is C15H27N3OS. The topological polar surface area (TPSA) is 53.5 Å². The number of rotatable bonds is 3. The molecule has 1 aliphatic heterocycles. The highest BCUT2D eigenvalue weighted by molar-refractivity contribution is 8.14. The lowest BCUT2D eigenvalue weighted by atomic mass is 9.83. The molecule has 2 aliphatic rings. The Morgan fingerprint density at radius 1 is 1.35 bits per heavy atom. The van der Waals surface area contributed by atoms with Crippen molar-refractivity contribution < 1.29 is 4.79 Å². The van der Waals surface area contributed by atoms with Crippen molar-refractivity contribution >= 4 is 22.8 Å². The number of hydrogen-bond donors (Lipinski definition) is 2. The molecule has 4 nitrogen and oxygen atoms in total. The number of aliphatic imine (C=N–C) groups is 1. The van der Waals surface area contributed by atoms with Crippen LogP contribution < -0.4 is 10.6 Å². The van der Waals surface area contributed by atoms with Crippen LogP contribution in [0.3, 0.4) is 0 Å². The van der Waals surface area contributed by atoms with Gasteiger partial charge in [-0.05, 0) is 33.6 Å². The van der Waals surface area contributed by atoms with E-state index in [0.29, 0.717) is 18.5 Å². The monoisotopic (exact) mass is 297 g/mol. The maximum Gasteiger partial charge on any atom is 0.222 e. The van der Waals surface area contributed by atoms with Gasteiger partial charge in [-0.3, -0.25) is 9.79 Å². The van der Waals surface area contributed by atoms with Crippen molar-refractivity contribution in [3.63, 3.8) is 0 Å². The van der Waals surface area contributed by atoms with E-state index in [9.17, 15) is 4.79 Å². The molecule has 1 heterocycles. The minimum atomic E-state index is -0.156. The fraction of sp³-hybridized carbons (Fsp3) is 0.867. The highest BCUT2D eigenvalue weighted by Gasteiger charge is 2.37. The maximum atomic E-state index is 11.7. The van der Waals surface area contributed by atoms with Gasteiger partial charge in [0.1, 0.15) is 0 Å². The van der Waals surface area contributed by atoms with Crippen molar-refractivity contribution in [2.75, 3.05) is 12.3 Å². The third-order valence-corrected chi connectivity index (χ3v) is 4.98. The maximum absolute atomic E-state index is 11.7. The van der Waals surface area contributed by atoms with Crippen LogP contribution in [-0.2, 0) is 4.79 Å². The first-order chi connectivity index (χ1) is 9.39. The van der Waals surface area contributed by atoms with Gasteiger partial charge in [-0.15, -0.1) is 0 Å². The molecule has 1 saturated heterocycles. The second-order valence-corrected chi connectivity index (χ2v) is 7.95. The highest BCUT2D eigenvalue weighted by atomic mass is 32.2. The van der Waals surface area contributed by atoms with Gasteiger partial charge in [0, 0.05) is 23.3 Å². The van der Waals surface area contributed by atoms with E-state index in [2.05, 4.69) is 15.6 Å². The van der Waals surface area contributed by atoms with E-state index in [-0.39, 0.29) is 11.4 Å². The van der Waals surface area contributed by atoms with Crippen LogP contribution in [0.25, 0.3) is 0 Å². The summed E-state index contributed by atoms with van der Waals surface area (Å²) in [5, 5.41) is 7.61. The van der Waals surface area contributed by atoms with Gasteiger partial charge in [-0.2, -0.15) is 0 Å². The Labute approximate surface area is 126 Å². The first-order valence-corrected chi connectivity index (χ1v) is 8.64. The van der Waals surface area contributed by atoms with Crippen molar-refractivity contribution in [2.24, 2.45) is 4.99 Å². The average molecular weight is 297 g/mol. The summed E-state index contributed by atoms with van der Waals surface area (Å²) in [5.41, 5.74) is 0.145. The van der Waals surface area contributed by atoms with Gasteiger partial charge in [0.2, 0.25) is 5.91 Å². The molecule has 0 aromatic rings. The Kier molecular flexibility index (Phi) is 4.99. The molecule has 0 aromatic carbocycles. The Morgan fingerprint density at radius 2 is 2.05 bits per heavy atom. The Balaban J connectivity index is 1.75. The van der Waals surface area contributed by atoms with Crippen LogP contribution in [-0.4, -0.2) is 34.5 Å². The molecule has 1 amide bonds. The average Bonchev–Trinajstić information content (AvgIpc) is 2.71. The summed E-state index contributed by atoms with van der Waals surface area (Å²) in [5.74, 6) is 1.22. The molecule has 0 radical (unpaired) electrons. The summed E-state index contributed by atoms with van der Waals surface area (Å²) in [6.45, 7) is 6.57. The fourth-order valence-electron chi connectivity index (χ4n) is 2.83. The van der Waals surface area contributed by atoms with E-state index < -0.39 is 0 Å². The first-order valence-electron chi connectivity index (χ1n) is 7.65. The third kappa shape index (κ3) is 4.69. The van der Waals surface area contributed by atoms with Gasteiger partial charge >= 0.3 is 0 Å². The first kappa shape index (κ1) is 15.7. The van der Waals surface area contributed by atoms with E-state index in [1.807, 2.05) is 32.5 Å². The van der Waals surface area contributed by atoms with Crippen molar-refractivity contribution in [2.45, 2.75) is 70.4 Å². The van der Waals surface area contributed by atoms with Crippen molar-refractivity contribution in [1.82, 2.24) is 10.6 Å². The normalized spacial score (nSPS) is 23.9. The summed E-state index contributed by atoms with van der Waals surface area (Å²) >= 11 is 1.82. The number of carbonyl (C=O) groups excluding carboxylic acids is 1. The quantitative estimate of drug-likeness (QED) is 0.842. The van der Waals surface area contributed by atoms with Gasteiger partial charge in [0.15, 0.2) is 5.17 Å². The minimum absolute atomic E-state index is 0.0808. The van der Waals surface area contributed by atoms with Crippen LogP contribution in [0.2, 0.25) is 0 Å². The third-order valence-electron chi connectivity index (χ3n) is 3.78.